The summed E-state index contributed by atoms with van der Waals surface area (Å²) >= 11 is 0. The van der Waals surface area contributed by atoms with Crippen molar-refractivity contribution >= 4 is 29.4 Å². The van der Waals surface area contributed by atoms with Gasteiger partial charge in [-0.2, -0.15) is 15.0 Å². The van der Waals surface area contributed by atoms with Crippen molar-refractivity contribution in [3.8, 4) is 0 Å². The number of hydrogen-bond donors (Lipinski definition) is 4. The van der Waals surface area contributed by atoms with Gasteiger partial charge in [0.1, 0.15) is 0 Å². The van der Waals surface area contributed by atoms with Gasteiger partial charge in [-0.05, 0) is 43.0 Å². The summed E-state index contributed by atoms with van der Waals surface area (Å²) in [6.07, 6.45) is 3.45. The summed E-state index contributed by atoms with van der Waals surface area (Å²) in [6, 6.07) is 17.4. The Morgan fingerprint density at radius 1 is 0.872 bits per heavy atom. The first-order valence-corrected chi connectivity index (χ1v) is 13.5. The van der Waals surface area contributed by atoms with E-state index in [1.54, 1.807) is 12.1 Å². The Bertz CT molecular complexity index is 1160. The van der Waals surface area contributed by atoms with Crippen LogP contribution in [0.3, 0.4) is 0 Å². The van der Waals surface area contributed by atoms with Crippen LogP contribution in [0.2, 0.25) is 0 Å². The second-order valence-corrected chi connectivity index (χ2v) is 9.14. The van der Waals surface area contributed by atoms with Gasteiger partial charge in [-0.15, -0.1) is 0 Å². The van der Waals surface area contributed by atoms with Gasteiger partial charge in [0.2, 0.25) is 17.8 Å². The summed E-state index contributed by atoms with van der Waals surface area (Å²) in [6.45, 7) is 5.19. The van der Waals surface area contributed by atoms with Gasteiger partial charge in [0, 0.05) is 44.0 Å². The molecular weight excluding hydrogens is 496 g/mol. The molecule has 1 aliphatic heterocycles. The summed E-state index contributed by atoms with van der Waals surface area (Å²) < 4.78 is 10.7. The first-order valence-electron chi connectivity index (χ1n) is 13.5. The second kappa shape index (κ2) is 15.6. The van der Waals surface area contributed by atoms with Gasteiger partial charge in [0.25, 0.3) is 5.91 Å². The molecule has 1 aromatic heterocycles. The lowest BCUT2D eigenvalue weighted by Crippen LogP contribution is -2.31. The topological polar surface area (TPSA) is 140 Å². The Balaban J connectivity index is 1.38. The number of carbonyl (C=O) groups is 1. The third kappa shape index (κ3) is 9.47. The number of nitrogens with one attached hydrogen (secondary N) is 3. The first-order chi connectivity index (χ1) is 19.2. The third-order valence-electron chi connectivity index (χ3n) is 6.10. The molecule has 1 amide bonds. The Hall–Kier alpha value is -3.80. The van der Waals surface area contributed by atoms with Crippen LogP contribution in [0, 0.1) is 0 Å². The van der Waals surface area contributed by atoms with Crippen molar-refractivity contribution in [3.63, 3.8) is 0 Å². The van der Waals surface area contributed by atoms with Gasteiger partial charge in [-0.25, -0.2) is 0 Å². The van der Waals surface area contributed by atoms with E-state index in [-0.39, 0.29) is 5.91 Å². The van der Waals surface area contributed by atoms with Gasteiger partial charge in [0.05, 0.1) is 26.4 Å². The minimum absolute atomic E-state index is 0.184. The maximum Gasteiger partial charge on any atom is 0.251 e. The Labute approximate surface area is 229 Å². The number of rotatable bonds is 15. The van der Waals surface area contributed by atoms with E-state index in [1.807, 2.05) is 30.3 Å². The molecule has 0 radical (unpaired) electrons. The molecule has 2 heterocycles. The molecule has 0 saturated carbocycles. The zero-order chi connectivity index (χ0) is 27.1. The number of ether oxygens (including phenoxy) is 2. The first kappa shape index (κ1) is 28.2. The minimum atomic E-state index is -0.184. The van der Waals surface area contributed by atoms with Crippen molar-refractivity contribution in [3.05, 3.63) is 65.7 Å². The van der Waals surface area contributed by atoms with Crippen molar-refractivity contribution in [1.82, 2.24) is 20.3 Å². The number of anilines is 4. The van der Waals surface area contributed by atoms with E-state index in [1.165, 1.54) is 6.42 Å². The van der Waals surface area contributed by atoms with Crippen LogP contribution >= 0.6 is 0 Å². The van der Waals surface area contributed by atoms with Crippen LogP contribution in [0.15, 0.2) is 54.6 Å². The van der Waals surface area contributed by atoms with E-state index in [4.69, 9.17) is 25.2 Å². The average molecular weight is 535 g/mol. The highest BCUT2D eigenvalue weighted by Crippen LogP contribution is 2.21. The summed E-state index contributed by atoms with van der Waals surface area (Å²) in [7, 11) is 0. The molecule has 5 N–H and O–H groups in total. The smallest absolute Gasteiger partial charge is 0.251 e. The zero-order valence-electron chi connectivity index (χ0n) is 22.3. The minimum Gasteiger partial charge on any atom is -0.378 e. The largest absolute Gasteiger partial charge is 0.378 e. The van der Waals surface area contributed by atoms with E-state index in [0.717, 1.165) is 31.5 Å². The lowest BCUT2D eigenvalue weighted by atomic mass is 10.1. The van der Waals surface area contributed by atoms with Crippen molar-refractivity contribution in [2.24, 2.45) is 5.73 Å². The SMILES string of the molecule is NCCOCCOCCNC(=O)c1cccc(Nc2nc(NCc3ccccc3)nc(N3CCCCC3)n2)c1. The fourth-order valence-corrected chi connectivity index (χ4v) is 4.12. The molecule has 1 aliphatic rings. The van der Waals surface area contributed by atoms with Crippen molar-refractivity contribution < 1.29 is 14.3 Å². The monoisotopic (exact) mass is 534 g/mol. The molecule has 208 valence electrons. The van der Waals surface area contributed by atoms with Crippen molar-refractivity contribution in [2.75, 3.05) is 68.1 Å². The number of benzene rings is 2. The van der Waals surface area contributed by atoms with Gasteiger partial charge < -0.3 is 36.1 Å². The van der Waals surface area contributed by atoms with Gasteiger partial charge >= 0.3 is 0 Å². The number of aromatic nitrogens is 3. The van der Waals surface area contributed by atoms with E-state index in [9.17, 15) is 4.79 Å². The molecule has 0 unspecified atom stereocenters. The van der Waals surface area contributed by atoms with Crippen molar-refractivity contribution in [1.29, 1.82) is 0 Å². The number of amides is 1. The number of hydrogen-bond acceptors (Lipinski definition) is 10. The molecule has 0 bridgehead atoms. The lowest BCUT2D eigenvalue weighted by molar-refractivity contribution is 0.0511. The van der Waals surface area contributed by atoms with Crippen LogP contribution in [0.1, 0.15) is 35.2 Å². The predicted octanol–water partition coefficient (Wildman–Crippen LogP) is 2.94. The molecule has 2 aromatic carbocycles. The molecule has 1 saturated heterocycles. The number of nitrogens with two attached hydrogens (primary N) is 1. The molecular formula is C28H38N8O3. The predicted molar refractivity (Wildman–Crippen MR) is 152 cm³/mol. The zero-order valence-corrected chi connectivity index (χ0v) is 22.3. The lowest BCUT2D eigenvalue weighted by Gasteiger charge is -2.27. The van der Waals surface area contributed by atoms with E-state index in [0.29, 0.717) is 75.2 Å². The molecule has 11 heteroatoms. The Kier molecular flexibility index (Phi) is 11.3. The molecule has 11 nitrogen and oxygen atoms in total. The molecule has 0 aliphatic carbocycles. The van der Waals surface area contributed by atoms with Crippen LogP contribution < -0.4 is 26.6 Å². The molecule has 1 fully saturated rings. The maximum atomic E-state index is 12.7. The van der Waals surface area contributed by atoms with Crippen LogP contribution in [-0.2, 0) is 16.0 Å². The highest BCUT2D eigenvalue weighted by molar-refractivity contribution is 5.95. The standard InChI is InChI=1S/C28H38N8O3/c29-12-16-38-18-19-39-17-13-30-25(37)23-10-7-11-24(20-23)32-27-33-26(31-21-22-8-3-1-4-9-22)34-28(35-27)36-14-5-2-6-15-36/h1,3-4,7-11,20H,2,5-6,12-19,21,29H2,(H,30,37)(H2,31,32,33,34,35). The Morgan fingerprint density at radius 2 is 1.64 bits per heavy atom. The number of piperidine rings is 1. The summed E-state index contributed by atoms with van der Waals surface area (Å²) in [5.74, 6) is 1.38. The van der Waals surface area contributed by atoms with Gasteiger partial charge in [-0.1, -0.05) is 36.4 Å². The van der Waals surface area contributed by atoms with Gasteiger partial charge in [0.15, 0.2) is 0 Å². The quantitative estimate of drug-likeness (QED) is 0.215. The van der Waals surface area contributed by atoms with Crippen LogP contribution in [0.5, 0.6) is 0 Å². The maximum absolute atomic E-state index is 12.7. The Morgan fingerprint density at radius 3 is 2.44 bits per heavy atom. The summed E-state index contributed by atoms with van der Waals surface area (Å²) in [5.41, 5.74) is 7.75. The summed E-state index contributed by atoms with van der Waals surface area (Å²) in [5, 5.41) is 9.46. The van der Waals surface area contributed by atoms with E-state index >= 15 is 0 Å². The molecule has 4 rings (SSSR count). The molecule has 0 atom stereocenters. The fourth-order valence-electron chi connectivity index (χ4n) is 4.12. The third-order valence-corrected chi connectivity index (χ3v) is 6.10. The van der Waals surface area contributed by atoms with E-state index < -0.39 is 0 Å². The molecule has 39 heavy (non-hydrogen) atoms. The van der Waals surface area contributed by atoms with E-state index in [2.05, 4.69) is 38.0 Å². The van der Waals surface area contributed by atoms with Crippen LogP contribution in [0.4, 0.5) is 23.5 Å². The van der Waals surface area contributed by atoms with Crippen molar-refractivity contribution in [2.45, 2.75) is 25.8 Å². The summed E-state index contributed by atoms with van der Waals surface area (Å²) in [4.78, 5) is 28.9. The highest BCUT2D eigenvalue weighted by atomic mass is 16.5. The number of nitrogens with zero attached hydrogens (tertiary/aromatic N) is 4. The van der Waals surface area contributed by atoms with Gasteiger partial charge in [-0.3, -0.25) is 4.79 Å². The second-order valence-electron chi connectivity index (χ2n) is 9.14. The fraction of sp³-hybridized carbons (Fsp3) is 0.429. The van der Waals surface area contributed by atoms with Crippen LogP contribution in [0.25, 0.3) is 0 Å². The normalized spacial score (nSPS) is 13.2. The average Bonchev–Trinajstić information content (AvgIpc) is 2.98. The number of carbonyl (C=O) groups excluding carboxylic acids is 1. The molecule has 0 spiro atoms. The van der Waals surface area contributed by atoms with Crippen LogP contribution in [-0.4, -0.2) is 73.5 Å². The highest BCUT2D eigenvalue weighted by Gasteiger charge is 2.17. The molecule has 3 aromatic rings.